The highest BCUT2D eigenvalue weighted by atomic mass is 32.2. The van der Waals surface area contributed by atoms with Gasteiger partial charge in [0.05, 0.1) is 17.5 Å². The van der Waals surface area contributed by atoms with Crippen LogP contribution in [0, 0.1) is 5.41 Å². The number of aliphatic imine (C=N–C) groups is 1. The van der Waals surface area contributed by atoms with Crippen LogP contribution in [0.5, 0.6) is 0 Å². The maximum Gasteiger partial charge on any atom is 0.253 e. The van der Waals surface area contributed by atoms with E-state index in [0.717, 1.165) is 24.9 Å². The smallest absolute Gasteiger partial charge is 0.253 e. The standard InChI is InChI=1S/C20H28N2O3S2/c1-5-6-7-14-8-10-15(11-9-14)22-16-12-27(24,25)13-17(16)26-19(22)21-18(23)20(2,3)4/h8-11,16-17H,5-7,12-13H2,1-4H3. The molecule has 2 aliphatic heterocycles. The zero-order chi connectivity index (χ0) is 19.8. The Hall–Kier alpha value is -1.34. The number of carbonyl (C=O) groups excluding carboxylic acids is 1. The second-order valence-electron chi connectivity index (χ2n) is 8.39. The molecule has 3 rings (SSSR count). The Morgan fingerprint density at radius 2 is 1.89 bits per heavy atom. The number of amides is 1. The Balaban J connectivity index is 1.93. The van der Waals surface area contributed by atoms with Crippen molar-refractivity contribution in [3.05, 3.63) is 29.8 Å². The van der Waals surface area contributed by atoms with E-state index in [2.05, 4.69) is 24.0 Å². The summed E-state index contributed by atoms with van der Waals surface area (Å²) in [6.07, 6.45) is 3.34. The minimum absolute atomic E-state index is 0.0683. The van der Waals surface area contributed by atoms with Gasteiger partial charge in [0.2, 0.25) is 0 Å². The fourth-order valence-electron chi connectivity index (χ4n) is 3.33. The van der Waals surface area contributed by atoms with E-state index in [-0.39, 0.29) is 28.7 Å². The number of rotatable bonds is 4. The molecule has 2 unspecified atom stereocenters. The molecule has 2 heterocycles. The van der Waals surface area contributed by atoms with Gasteiger partial charge in [0.25, 0.3) is 5.91 Å². The van der Waals surface area contributed by atoms with Gasteiger partial charge in [-0.3, -0.25) is 4.79 Å². The Morgan fingerprint density at radius 3 is 2.48 bits per heavy atom. The van der Waals surface area contributed by atoms with Crippen molar-refractivity contribution in [2.24, 2.45) is 10.4 Å². The van der Waals surface area contributed by atoms with E-state index in [4.69, 9.17) is 0 Å². The number of anilines is 1. The van der Waals surface area contributed by atoms with Gasteiger partial charge in [0.1, 0.15) is 0 Å². The second-order valence-corrected chi connectivity index (χ2v) is 11.8. The summed E-state index contributed by atoms with van der Waals surface area (Å²) in [4.78, 5) is 18.8. The van der Waals surface area contributed by atoms with Gasteiger partial charge < -0.3 is 4.90 Å². The monoisotopic (exact) mass is 408 g/mol. The topological polar surface area (TPSA) is 66.8 Å². The minimum Gasteiger partial charge on any atom is -0.316 e. The van der Waals surface area contributed by atoms with Crippen molar-refractivity contribution in [3.63, 3.8) is 0 Å². The molecule has 0 bridgehead atoms. The van der Waals surface area contributed by atoms with Crippen molar-refractivity contribution in [1.29, 1.82) is 0 Å². The predicted molar refractivity (Wildman–Crippen MR) is 113 cm³/mol. The summed E-state index contributed by atoms with van der Waals surface area (Å²) in [6, 6.07) is 8.07. The summed E-state index contributed by atoms with van der Waals surface area (Å²) in [5.41, 5.74) is 1.62. The van der Waals surface area contributed by atoms with Crippen LogP contribution < -0.4 is 4.90 Å². The van der Waals surface area contributed by atoms with Crippen LogP contribution in [0.25, 0.3) is 0 Å². The molecule has 0 spiro atoms. The van der Waals surface area contributed by atoms with E-state index in [1.54, 1.807) is 0 Å². The molecular formula is C20H28N2O3S2. The zero-order valence-electron chi connectivity index (χ0n) is 16.4. The summed E-state index contributed by atoms with van der Waals surface area (Å²) in [5, 5.41) is 0.558. The van der Waals surface area contributed by atoms with Gasteiger partial charge in [0.15, 0.2) is 15.0 Å². The Kier molecular flexibility index (Phi) is 5.73. The first-order valence-corrected chi connectivity index (χ1v) is 12.2. The third-order valence-electron chi connectivity index (χ3n) is 4.94. The molecule has 2 fully saturated rings. The van der Waals surface area contributed by atoms with Crippen LogP contribution in [0.15, 0.2) is 29.3 Å². The van der Waals surface area contributed by atoms with Crippen LogP contribution in [0.2, 0.25) is 0 Å². The van der Waals surface area contributed by atoms with Gasteiger partial charge in [-0.1, -0.05) is 58.0 Å². The molecule has 148 valence electrons. The summed E-state index contributed by atoms with van der Waals surface area (Å²) in [5.74, 6) is 0.0820. The zero-order valence-corrected chi connectivity index (χ0v) is 18.1. The lowest BCUT2D eigenvalue weighted by atomic mass is 9.96. The lowest BCUT2D eigenvalue weighted by Crippen LogP contribution is -2.38. The molecule has 1 amide bonds. The largest absolute Gasteiger partial charge is 0.316 e. The van der Waals surface area contributed by atoms with Crippen molar-refractivity contribution >= 4 is 38.4 Å². The molecule has 1 aromatic rings. The molecule has 0 N–H and O–H groups in total. The summed E-state index contributed by atoms with van der Waals surface area (Å²) < 4.78 is 24.3. The second kappa shape index (κ2) is 7.59. The number of unbranched alkanes of at least 4 members (excludes halogenated alkanes) is 1. The molecule has 0 aromatic heterocycles. The molecule has 0 radical (unpaired) electrons. The number of aryl methyl sites for hydroxylation is 1. The van der Waals surface area contributed by atoms with Crippen molar-refractivity contribution in [1.82, 2.24) is 0 Å². The van der Waals surface area contributed by atoms with Crippen LogP contribution in [-0.2, 0) is 21.1 Å². The van der Waals surface area contributed by atoms with Gasteiger partial charge in [-0.05, 0) is 30.5 Å². The fraction of sp³-hybridized carbons (Fsp3) is 0.600. The van der Waals surface area contributed by atoms with Crippen molar-refractivity contribution in [2.75, 3.05) is 16.4 Å². The molecule has 2 atom stereocenters. The third kappa shape index (κ3) is 4.57. The molecule has 2 aliphatic rings. The number of carbonyl (C=O) groups is 1. The van der Waals surface area contributed by atoms with Crippen LogP contribution in [0.3, 0.4) is 0 Å². The summed E-state index contributed by atoms with van der Waals surface area (Å²) in [7, 11) is -3.05. The van der Waals surface area contributed by atoms with Crippen LogP contribution in [0.1, 0.15) is 46.1 Å². The lowest BCUT2D eigenvalue weighted by Gasteiger charge is -2.25. The number of sulfone groups is 1. The first-order chi connectivity index (χ1) is 12.6. The normalized spacial score (nSPS) is 25.8. The van der Waals surface area contributed by atoms with E-state index in [1.165, 1.54) is 17.3 Å². The molecule has 2 saturated heterocycles. The quantitative estimate of drug-likeness (QED) is 0.760. The molecule has 0 aliphatic carbocycles. The minimum atomic E-state index is -3.05. The molecular weight excluding hydrogens is 380 g/mol. The molecule has 5 nitrogen and oxygen atoms in total. The van der Waals surface area contributed by atoms with E-state index in [9.17, 15) is 13.2 Å². The van der Waals surface area contributed by atoms with Gasteiger partial charge in [-0.2, -0.15) is 4.99 Å². The van der Waals surface area contributed by atoms with Gasteiger partial charge >= 0.3 is 0 Å². The highest BCUT2D eigenvalue weighted by Gasteiger charge is 2.49. The number of thioether (sulfide) groups is 1. The predicted octanol–water partition coefficient (Wildman–Crippen LogP) is 3.68. The average Bonchev–Trinajstić information content (AvgIpc) is 3.03. The number of benzene rings is 1. The Bertz CT molecular complexity index is 839. The molecule has 7 heteroatoms. The Labute approximate surface area is 166 Å². The number of nitrogens with zero attached hydrogens (tertiary/aromatic N) is 2. The van der Waals surface area contributed by atoms with Crippen molar-refractivity contribution in [2.45, 2.75) is 58.2 Å². The van der Waals surface area contributed by atoms with Crippen LogP contribution >= 0.6 is 11.8 Å². The number of fused-ring (bicyclic) bond motifs is 1. The third-order valence-corrected chi connectivity index (χ3v) is 8.15. The van der Waals surface area contributed by atoms with E-state index in [1.807, 2.05) is 37.8 Å². The average molecular weight is 409 g/mol. The summed E-state index contributed by atoms with van der Waals surface area (Å²) in [6.45, 7) is 7.71. The lowest BCUT2D eigenvalue weighted by molar-refractivity contribution is -0.124. The van der Waals surface area contributed by atoms with E-state index in [0.29, 0.717) is 5.17 Å². The maximum absolute atomic E-state index is 12.5. The summed E-state index contributed by atoms with van der Waals surface area (Å²) >= 11 is 1.42. The van der Waals surface area contributed by atoms with Gasteiger partial charge in [0, 0.05) is 16.4 Å². The van der Waals surface area contributed by atoms with Crippen LogP contribution in [0.4, 0.5) is 5.69 Å². The first kappa shape index (κ1) is 20.4. The maximum atomic E-state index is 12.5. The van der Waals surface area contributed by atoms with Crippen molar-refractivity contribution < 1.29 is 13.2 Å². The highest BCUT2D eigenvalue weighted by Crippen LogP contribution is 2.41. The van der Waals surface area contributed by atoms with Crippen LogP contribution in [-0.4, -0.2) is 42.3 Å². The number of amidine groups is 1. The van der Waals surface area contributed by atoms with E-state index >= 15 is 0 Å². The van der Waals surface area contributed by atoms with Gasteiger partial charge in [-0.25, -0.2) is 8.42 Å². The molecule has 27 heavy (non-hydrogen) atoms. The fourth-order valence-corrected chi connectivity index (χ4v) is 7.24. The first-order valence-electron chi connectivity index (χ1n) is 9.49. The Morgan fingerprint density at radius 1 is 1.22 bits per heavy atom. The van der Waals surface area contributed by atoms with Gasteiger partial charge in [-0.15, -0.1) is 0 Å². The number of hydrogen-bond donors (Lipinski definition) is 0. The molecule has 1 aromatic carbocycles. The van der Waals surface area contributed by atoms with E-state index < -0.39 is 15.3 Å². The molecule has 0 saturated carbocycles. The number of hydrogen-bond acceptors (Lipinski definition) is 4. The SMILES string of the molecule is CCCCc1ccc(N2C(=NC(=O)C(C)(C)C)SC3CS(=O)(=O)CC32)cc1. The van der Waals surface area contributed by atoms with Crippen molar-refractivity contribution in [3.8, 4) is 0 Å². The highest BCUT2D eigenvalue weighted by molar-refractivity contribution is 8.16.